The number of nitrogens with zero attached hydrogens (tertiary/aromatic N) is 1. The van der Waals surface area contributed by atoms with Crippen molar-refractivity contribution in [1.82, 2.24) is 0 Å². The molecule has 0 bridgehead atoms. The number of benzene rings is 1. The lowest BCUT2D eigenvalue weighted by Gasteiger charge is -2.18. The number of nitro benzene ring substituents is 1. The number of hydrogen-bond acceptors (Lipinski definition) is 3. The molecule has 1 fully saturated rings. The Morgan fingerprint density at radius 2 is 2.12 bits per heavy atom. The van der Waals surface area contributed by atoms with Crippen molar-refractivity contribution in [3.05, 3.63) is 39.7 Å². The van der Waals surface area contributed by atoms with Crippen molar-refractivity contribution in [3.63, 3.8) is 0 Å². The van der Waals surface area contributed by atoms with Crippen LogP contribution in [-0.4, -0.2) is 16.6 Å². The van der Waals surface area contributed by atoms with E-state index >= 15 is 0 Å². The zero-order valence-corrected chi connectivity index (χ0v) is 9.74. The van der Waals surface area contributed by atoms with E-state index in [1.54, 1.807) is 0 Å². The number of halogens is 1. The van der Waals surface area contributed by atoms with E-state index in [1.165, 1.54) is 12.1 Å². The van der Waals surface area contributed by atoms with Gasteiger partial charge >= 0.3 is 5.69 Å². The molecule has 0 radical (unpaired) electrons. The van der Waals surface area contributed by atoms with Crippen LogP contribution in [0.1, 0.15) is 25.8 Å². The molecule has 5 heteroatoms. The summed E-state index contributed by atoms with van der Waals surface area (Å²) in [5.41, 5.74) is -0.443. The van der Waals surface area contributed by atoms with Crippen LogP contribution >= 0.6 is 0 Å². The SMILES string of the molecule is CC1(C)CC1(CO)c1ccc([N+](=O)[O-])c(F)c1. The van der Waals surface area contributed by atoms with E-state index in [-0.39, 0.29) is 12.0 Å². The van der Waals surface area contributed by atoms with Crippen molar-refractivity contribution in [2.24, 2.45) is 5.41 Å². The Kier molecular flexibility index (Phi) is 2.47. The minimum atomic E-state index is -0.844. The fraction of sp³-hybridized carbons (Fsp3) is 0.500. The monoisotopic (exact) mass is 239 g/mol. The van der Waals surface area contributed by atoms with Crippen LogP contribution in [0.3, 0.4) is 0 Å². The van der Waals surface area contributed by atoms with Gasteiger partial charge in [0, 0.05) is 11.5 Å². The minimum Gasteiger partial charge on any atom is -0.395 e. The van der Waals surface area contributed by atoms with Crippen LogP contribution in [0.15, 0.2) is 18.2 Å². The lowest BCUT2D eigenvalue weighted by Crippen LogP contribution is -2.19. The maximum atomic E-state index is 13.5. The van der Waals surface area contributed by atoms with Gasteiger partial charge in [0.2, 0.25) is 5.82 Å². The Bertz CT molecular complexity index is 487. The molecule has 17 heavy (non-hydrogen) atoms. The van der Waals surface area contributed by atoms with Crippen LogP contribution < -0.4 is 0 Å². The fourth-order valence-corrected chi connectivity index (χ4v) is 2.52. The predicted octanol–water partition coefficient (Wildman–Crippen LogP) is 2.39. The molecule has 1 aromatic carbocycles. The number of rotatable bonds is 3. The maximum absolute atomic E-state index is 13.5. The second-order valence-electron chi connectivity index (χ2n) is 5.22. The summed E-state index contributed by atoms with van der Waals surface area (Å²) in [7, 11) is 0. The van der Waals surface area contributed by atoms with Crippen LogP contribution in [0, 0.1) is 21.3 Å². The summed E-state index contributed by atoms with van der Waals surface area (Å²) in [6.07, 6.45) is 0.758. The number of aliphatic hydroxyl groups excluding tert-OH is 1. The lowest BCUT2D eigenvalue weighted by atomic mass is 9.88. The molecule has 0 spiro atoms. The van der Waals surface area contributed by atoms with Crippen LogP contribution in [0.2, 0.25) is 0 Å². The molecule has 0 heterocycles. The summed E-state index contributed by atoms with van der Waals surface area (Å²) in [4.78, 5) is 9.76. The second-order valence-corrected chi connectivity index (χ2v) is 5.22. The van der Waals surface area contributed by atoms with E-state index in [2.05, 4.69) is 0 Å². The smallest absolute Gasteiger partial charge is 0.304 e. The highest BCUT2D eigenvalue weighted by atomic mass is 19.1. The van der Waals surface area contributed by atoms with Crippen molar-refractivity contribution in [2.75, 3.05) is 6.61 Å². The first-order valence-electron chi connectivity index (χ1n) is 5.39. The quantitative estimate of drug-likeness (QED) is 0.650. The van der Waals surface area contributed by atoms with Gasteiger partial charge in [-0.05, 0) is 23.5 Å². The Balaban J connectivity index is 2.43. The zero-order valence-electron chi connectivity index (χ0n) is 9.74. The summed E-state index contributed by atoms with van der Waals surface area (Å²) < 4.78 is 13.5. The molecule has 1 unspecified atom stereocenters. The molecule has 4 nitrogen and oxygen atoms in total. The Hall–Kier alpha value is -1.49. The first-order chi connectivity index (χ1) is 7.84. The normalized spacial score (nSPS) is 25.6. The van der Waals surface area contributed by atoms with Gasteiger partial charge < -0.3 is 5.11 Å². The van der Waals surface area contributed by atoms with Gasteiger partial charge in [0.1, 0.15) is 0 Å². The van der Waals surface area contributed by atoms with Gasteiger partial charge in [-0.3, -0.25) is 10.1 Å². The maximum Gasteiger partial charge on any atom is 0.304 e. The van der Waals surface area contributed by atoms with E-state index in [0.29, 0.717) is 5.56 Å². The summed E-state index contributed by atoms with van der Waals surface area (Å²) in [6.45, 7) is 3.91. The van der Waals surface area contributed by atoms with Gasteiger partial charge in [-0.15, -0.1) is 0 Å². The van der Waals surface area contributed by atoms with Crippen LogP contribution in [0.4, 0.5) is 10.1 Å². The van der Waals surface area contributed by atoms with Gasteiger partial charge in [0.05, 0.1) is 11.5 Å². The Morgan fingerprint density at radius 3 is 2.47 bits per heavy atom. The van der Waals surface area contributed by atoms with Crippen molar-refractivity contribution in [2.45, 2.75) is 25.7 Å². The molecule has 0 aromatic heterocycles. The van der Waals surface area contributed by atoms with Crippen molar-refractivity contribution >= 4 is 5.69 Å². The van der Waals surface area contributed by atoms with Crippen LogP contribution in [-0.2, 0) is 5.41 Å². The second kappa shape index (κ2) is 3.50. The highest BCUT2D eigenvalue weighted by Crippen LogP contribution is 2.64. The summed E-state index contributed by atoms with van der Waals surface area (Å²) >= 11 is 0. The Labute approximate surface area is 98.2 Å². The largest absolute Gasteiger partial charge is 0.395 e. The molecule has 2 rings (SSSR count). The number of nitro groups is 1. The number of hydrogen-bond donors (Lipinski definition) is 1. The summed E-state index contributed by atoms with van der Waals surface area (Å²) in [5, 5.41) is 20.0. The lowest BCUT2D eigenvalue weighted by molar-refractivity contribution is -0.387. The van der Waals surface area contributed by atoms with E-state index in [4.69, 9.17) is 0 Å². The average molecular weight is 239 g/mol. The molecule has 1 N–H and O–H groups in total. The van der Waals surface area contributed by atoms with Crippen molar-refractivity contribution < 1.29 is 14.4 Å². The van der Waals surface area contributed by atoms with E-state index in [0.717, 1.165) is 12.5 Å². The van der Waals surface area contributed by atoms with Gasteiger partial charge in [0.15, 0.2) is 0 Å². The summed E-state index contributed by atoms with van der Waals surface area (Å²) in [5.74, 6) is -0.844. The van der Waals surface area contributed by atoms with E-state index in [9.17, 15) is 19.6 Å². The van der Waals surface area contributed by atoms with Crippen LogP contribution in [0.5, 0.6) is 0 Å². The molecule has 1 aliphatic carbocycles. The van der Waals surface area contributed by atoms with E-state index < -0.39 is 21.8 Å². The van der Waals surface area contributed by atoms with Gasteiger partial charge in [0.25, 0.3) is 0 Å². The molecule has 0 amide bonds. The fourth-order valence-electron chi connectivity index (χ4n) is 2.52. The molecule has 1 aliphatic rings. The highest BCUT2D eigenvalue weighted by Gasteiger charge is 2.61. The van der Waals surface area contributed by atoms with Crippen molar-refractivity contribution in [3.8, 4) is 0 Å². The third-order valence-corrected chi connectivity index (χ3v) is 3.88. The molecular weight excluding hydrogens is 225 g/mol. The average Bonchev–Trinajstić information content (AvgIpc) is 2.81. The van der Waals surface area contributed by atoms with E-state index in [1.807, 2.05) is 13.8 Å². The third-order valence-electron chi connectivity index (χ3n) is 3.88. The first-order valence-corrected chi connectivity index (χ1v) is 5.39. The van der Waals surface area contributed by atoms with Crippen molar-refractivity contribution in [1.29, 1.82) is 0 Å². The Morgan fingerprint density at radius 1 is 1.53 bits per heavy atom. The first kappa shape index (κ1) is 12.0. The zero-order chi connectivity index (χ0) is 12.8. The third kappa shape index (κ3) is 1.61. The molecular formula is C12H14FNO3. The van der Waals surface area contributed by atoms with Crippen LogP contribution in [0.25, 0.3) is 0 Å². The van der Waals surface area contributed by atoms with Gasteiger partial charge in [-0.2, -0.15) is 4.39 Å². The molecule has 1 atom stereocenters. The summed E-state index contributed by atoms with van der Waals surface area (Å²) in [6, 6.07) is 3.87. The van der Waals surface area contributed by atoms with Gasteiger partial charge in [-0.1, -0.05) is 19.9 Å². The minimum absolute atomic E-state index is 0.0722. The van der Waals surface area contributed by atoms with Gasteiger partial charge in [-0.25, -0.2) is 0 Å². The molecule has 1 saturated carbocycles. The standard InChI is InChI=1S/C12H14FNO3/c1-11(2)6-12(11,7-15)8-3-4-10(14(16)17)9(13)5-8/h3-5,15H,6-7H2,1-2H3. The molecule has 0 aliphatic heterocycles. The molecule has 0 saturated heterocycles. The predicted molar refractivity (Wildman–Crippen MR) is 60.2 cm³/mol. The molecule has 92 valence electrons. The highest BCUT2D eigenvalue weighted by molar-refractivity contribution is 5.43. The number of aliphatic hydroxyl groups is 1. The molecule has 1 aromatic rings. The topological polar surface area (TPSA) is 63.4 Å².